The number of hydrogen-bond donors (Lipinski definition) is 2. The first kappa shape index (κ1) is 23.3. The molecule has 0 unspecified atom stereocenters. The monoisotopic (exact) mass is 489 g/mol. The van der Waals surface area contributed by atoms with Crippen LogP contribution in [0.25, 0.3) is 22.4 Å². The summed E-state index contributed by atoms with van der Waals surface area (Å²) < 4.78 is 40.8. The highest BCUT2D eigenvalue weighted by Gasteiger charge is 2.30. The second-order valence-electron chi connectivity index (χ2n) is 8.35. The molecule has 0 atom stereocenters. The number of aryl methyl sites for hydroxylation is 2. The fraction of sp³-hybridized carbons (Fsp3) is 0.154. The van der Waals surface area contributed by atoms with Crippen LogP contribution in [0.4, 0.5) is 30.4 Å². The third-order valence-electron chi connectivity index (χ3n) is 5.75. The van der Waals surface area contributed by atoms with Gasteiger partial charge in [-0.1, -0.05) is 18.2 Å². The molecule has 0 fully saturated rings. The first-order valence-corrected chi connectivity index (χ1v) is 11.2. The normalized spacial score (nSPS) is 11.6. The summed E-state index contributed by atoms with van der Waals surface area (Å²) in [7, 11) is 1.82. The number of rotatable bonds is 6. The minimum absolute atomic E-state index is 0.350. The predicted molar refractivity (Wildman–Crippen MR) is 133 cm³/mol. The van der Waals surface area contributed by atoms with Crippen molar-refractivity contribution in [2.45, 2.75) is 19.6 Å². The topological polar surface area (TPSA) is 80.6 Å². The zero-order valence-electron chi connectivity index (χ0n) is 19.5. The summed E-state index contributed by atoms with van der Waals surface area (Å²) in [5.41, 5.74) is 3.85. The molecule has 0 aliphatic rings. The van der Waals surface area contributed by atoms with E-state index < -0.39 is 11.7 Å². The Morgan fingerprint density at radius 1 is 0.972 bits per heavy atom. The van der Waals surface area contributed by atoms with Gasteiger partial charge in [0.1, 0.15) is 5.82 Å². The van der Waals surface area contributed by atoms with Crippen LogP contribution in [0.5, 0.6) is 0 Å². The third kappa shape index (κ3) is 4.83. The minimum Gasteiger partial charge on any atom is -0.381 e. The summed E-state index contributed by atoms with van der Waals surface area (Å²) in [5, 5.41) is 11.6. The molecule has 3 heterocycles. The molecule has 182 valence electrons. The van der Waals surface area contributed by atoms with Crippen molar-refractivity contribution in [3.8, 4) is 11.4 Å². The van der Waals surface area contributed by atoms with Crippen molar-refractivity contribution in [3.63, 3.8) is 0 Å². The summed E-state index contributed by atoms with van der Waals surface area (Å²) in [6.07, 6.45) is 0.710. The van der Waals surface area contributed by atoms with E-state index in [0.717, 1.165) is 39.9 Å². The number of alkyl halides is 3. The molecule has 0 spiro atoms. The Kier molecular flexibility index (Phi) is 6.01. The van der Waals surface area contributed by atoms with Gasteiger partial charge in [-0.3, -0.25) is 9.67 Å². The highest BCUT2D eigenvalue weighted by Crippen LogP contribution is 2.31. The van der Waals surface area contributed by atoms with Crippen molar-refractivity contribution in [3.05, 3.63) is 89.9 Å². The molecule has 36 heavy (non-hydrogen) atoms. The van der Waals surface area contributed by atoms with E-state index in [-0.39, 0.29) is 0 Å². The molecule has 0 radical (unpaired) electrons. The van der Waals surface area contributed by atoms with Crippen LogP contribution in [-0.2, 0) is 19.8 Å². The number of aromatic nitrogens is 5. The maximum absolute atomic E-state index is 13.0. The van der Waals surface area contributed by atoms with Gasteiger partial charge in [-0.05, 0) is 54.4 Å². The standard InChI is InChI=1S/C26H22F3N7/c1-16-8-9-17(13-31-20-7-3-6-19(12-20)26(27,28)29)11-22(16)33-24-21-15-32-36(2)25(21)35-23(34-24)18-5-4-10-30-14-18/h3-12,14-15,31H,13H2,1-2H3,(H,33,34,35). The summed E-state index contributed by atoms with van der Waals surface area (Å²) in [4.78, 5) is 13.6. The Labute approximate surface area is 205 Å². The van der Waals surface area contributed by atoms with Gasteiger partial charge in [-0.15, -0.1) is 0 Å². The molecule has 5 rings (SSSR count). The molecule has 10 heteroatoms. The van der Waals surface area contributed by atoms with Gasteiger partial charge >= 0.3 is 6.18 Å². The van der Waals surface area contributed by atoms with Crippen LogP contribution in [-0.4, -0.2) is 24.7 Å². The van der Waals surface area contributed by atoms with Crippen molar-refractivity contribution < 1.29 is 13.2 Å². The highest BCUT2D eigenvalue weighted by atomic mass is 19.4. The molecule has 0 saturated carbocycles. The third-order valence-corrected chi connectivity index (χ3v) is 5.75. The maximum atomic E-state index is 13.0. The number of benzene rings is 2. The van der Waals surface area contributed by atoms with E-state index in [9.17, 15) is 13.2 Å². The fourth-order valence-electron chi connectivity index (χ4n) is 3.79. The molecule has 0 saturated heterocycles. The fourth-order valence-corrected chi connectivity index (χ4v) is 3.79. The lowest BCUT2D eigenvalue weighted by atomic mass is 10.1. The molecule has 0 aliphatic carbocycles. The summed E-state index contributed by atoms with van der Waals surface area (Å²) >= 11 is 0. The van der Waals surface area contributed by atoms with Gasteiger partial charge in [-0.2, -0.15) is 18.3 Å². The van der Waals surface area contributed by atoms with Crippen LogP contribution in [0.15, 0.2) is 73.2 Å². The lowest BCUT2D eigenvalue weighted by Crippen LogP contribution is -2.07. The number of fused-ring (bicyclic) bond motifs is 1. The Bertz CT molecular complexity index is 1530. The minimum atomic E-state index is -4.39. The van der Waals surface area contributed by atoms with Crippen molar-refractivity contribution in [1.29, 1.82) is 0 Å². The number of pyridine rings is 1. The van der Waals surface area contributed by atoms with Crippen LogP contribution in [0.3, 0.4) is 0 Å². The van der Waals surface area contributed by atoms with E-state index in [1.807, 2.05) is 44.3 Å². The van der Waals surface area contributed by atoms with Crippen molar-refractivity contribution in [2.75, 3.05) is 10.6 Å². The number of anilines is 3. The summed E-state index contributed by atoms with van der Waals surface area (Å²) in [6.45, 7) is 2.32. The summed E-state index contributed by atoms with van der Waals surface area (Å²) in [6, 6.07) is 14.7. The summed E-state index contributed by atoms with van der Waals surface area (Å²) in [5.74, 6) is 1.11. The predicted octanol–water partition coefficient (Wildman–Crippen LogP) is 6.11. The SMILES string of the molecule is Cc1ccc(CNc2cccc(C(F)(F)F)c2)cc1Nc1nc(-c2cccnc2)nc2c1cnn2C. The van der Waals surface area contributed by atoms with Gasteiger partial charge in [0, 0.05) is 42.9 Å². The smallest absolute Gasteiger partial charge is 0.381 e. The van der Waals surface area contributed by atoms with Crippen LogP contribution < -0.4 is 10.6 Å². The zero-order chi connectivity index (χ0) is 25.3. The van der Waals surface area contributed by atoms with E-state index >= 15 is 0 Å². The number of nitrogens with zero attached hydrogens (tertiary/aromatic N) is 5. The van der Waals surface area contributed by atoms with E-state index in [1.165, 1.54) is 6.07 Å². The molecular formula is C26H22F3N7. The zero-order valence-corrected chi connectivity index (χ0v) is 19.5. The van der Waals surface area contributed by atoms with E-state index in [2.05, 4.69) is 25.7 Å². The average Bonchev–Trinajstić information content (AvgIpc) is 3.25. The Morgan fingerprint density at radius 2 is 1.83 bits per heavy atom. The van der Waals surface area contributed by atoms with Gasteiger partial charge in [0.2, 0.25) is 0 Å². The molecule has 2 N–H and O–H groups in total. The number of hydrogen-bond acceptors (Lipinski definition) is 6. The van der Waals surface area contributed by atoms with Crippen LogP contribution >= 0.6 is 0 Å². The van der Waals surface area contributed by atoms with Gasteiger partial charge < -0.3 is 10.6 Å². The lowest BCUT2D eigenvalue weighted by molar-refractivity contribution is -0.137. The Morgan fingerprint density at radius 3 is 2.61 bits per heavy atom. The first-order chi connectivity index (χ1) is 17.3. The Hall–Kier alpha value is -4.47. The maximum Gasteiger partial charge on any atom is 0.416 e. The van der Waals surface area contributed by atoms with Crippen molar-refractivity contribution in [1.82, 2.24) is 24.7 Å². The molecule has 5 aromatic rings. The second-order valence-corrected chi connectivity index (χ2v) is 8.35. The van der Waals surface area contributed by atoms with E-state index in [4.69, 9.17) is 4.98 Å². The molecule has 0 aliphatic heterocycles. The van der Waals surface area contributed by atoms with Crippen LogP contribution in [0, 0.1) is 6.92 Å². The van der Waals surface area contributed by atoms with Gasteiger partial charge in [0.15, 0.2) is 11.5 Å². The highest BCUT2D eigenvalue weighted by molar-refractivity contribution is 5.90. The number of nitrogens with one attached hydrogen (secondary N) is 2. The van der Waals surface area contributed by atoms with Crippen LogP contribution in [0.1, 0.15) is 16.7 Å². The van der Waals surface area contributed by atoms with Gasteiger partial charge in [0.05, 0.1) is 17.1 Å². The van der Waals surface area contributed by atoms with Crippen molar-refractivity contribution >= 4 is 28.2 Å². The molecule has 0 bridgehead atoms. The van der Waals surface area contributed by atoms with Crippen LogP contribution in [0.2, 0.25) is 0 Å². The van der Waals surface area contributed by atoms with Gasteiger partial charge in [0.25, 0.3) is 0 Å². The average molecular weight is 490 g/mol. The largest absolute Gasteiger partial charge is 0.416 e. The van der Waals surface area contributed by atoms with Gasteiger partial charge in [-0.25, -0.2) is 9.97 Å². The molecule has 2 aromatic carbocycles. The molecule has 3 aromatic heterocycles. The van der Waals surface area contributed by atoms with E-state index in [0.29, 0.717) is 29.5 Å². The van der Waals surface area contributed by atoms with E-state index in [1.54, 1.807) is 29.3 Å². The Balaban J connectivity index is 1.43. The first-order valence-electron chi connectivity index (χ1n) is 11.2. The molecular weight excluding hydrogens is 467 g/mol. The molecule has 7 nitrogen and oxygen atoms in total. The second kappa shape index (κ2) is 9.29. The number of halogens is 3. The molecule has 0 amide bonds. The quantitative estimate of drug-likeness (QED) is 0.300. The van der Waals surface area contributed by atoms with Crippen molar-refractivity contribution in [2.24, 2.45) is 7.05 Å². The lowest BCUT2D eigenvalue weighted by Gasteiger charge is -2.14.